The molecule has 0 aromatic rings. The zero-order chi connectivity index (χ0) is 10.7. The summed E-state index contributed by atoms with van der Waals surface area (Å²) < 4.78 is 0. The Morgan fingerprint density at radius 2 is 2.07 bits per heavy atom. The van der Waals surface area contributed by atoms with Crippen molar-refractivity contribution >= 4 is 11.7 Å². The van der Waals surface area contributed by atoms with Crippen LogP contribution in [-0.4, -0.2) is 54.7 Å². The average molecular weight is 198 g/mol. The Balaban J connectivity index is 2.41. The van der Waals surface area contributed by atoms with Crippen molar-refractivity contribution in [3.8, 4) is 0 Å². The van der Waals surface area contributed by atoms with Gasteiger partial charge in [-0.2, -0.15) is 0 Å². The summed E-state index contributed by atoms with van der Waals surface area (Å²) in [5.41, 5.74) is 0. The van der Waals surface area contributed by atoms with Gasteiger partial charge in [0.2, 0.25) is 5.91 Å². The van der Waals surface area contributed by atoms with Crippen LogP contribution in [0.4, 0.5) is 0 Å². The van der Waals surface area contributed by atoms with Crippen molar-refractivity contribution in [2.45, 2.75) is 25.8 Å². The van der Waals surface area contributed by atoms with E-state index >= 15 is 0 Å². The molecular weight excluding hydrogens is 180 g/mol. The summed E-state index contributed by atoms with van der Waals surface area (Å²) in [6.45, 7) is 3.01. The first-order valence-corrected chi connectivity index (χ1v) is 4.94. The quantitative estimate of drug-likeness (QED) is 0.605. The van der Waals surface area contributed by atoms with E-state index in [9.17, 15) is 9.59 Å². The number of likely N-dealkylation sites (N-methyl/N-ethyl adjacent to an activating group) is 1. The number of carbonyl (C=O) groups is 2. The van der Waals surface area contributed by atoms with Crippen molar-refractivity contribution in [2.24, 2.45) is 0 Å². The molecule has 0 N–H and O–H groups in total. The normalized spacial score (nSPS) is 21.7. The third kappa shape index (κ3) is 2.80. The van der Waals surface area contributed by atoms with E-state index in [-0.39, 0.29) is 18.1 Å². The van der Waals surface area contributed by atoms with Crippen LogP contribution in [0.1, 0.15) is 19.8 Å². The van der Waals surface area contributed by atoms with Gasteiger partial charge >= 0.3 is 0 Å². The largest absolute Gasteiger partial charge is 0.341 e. The van der Waals surface area contributed by atoms with Gasteiger partial charge in [0.05, 0.1) is 6.42 Å². The minimum absolute atomic E-state index is 0.0261. The van der Waals surface area contributed by atoms with Crippen LogP contribution < -0.4 is 0 Å². The molecule has 1 saturated heterocycles. The molecule has 80 valence electrons. The molecule has 0 bridgehead atoms. The maximum Gasteiger partial charge on any atom is 0.230 e. The Morgan fingerprint density at radius 3 is 2.50 bits per heavy atom. The second kappa shape index (κ2) is 4.55. The summed E-state index contributed by atoms with van der Waals surface area (Å²) in [6.07, 6.45) is 1.07. The van der Waals surface area contributed by atoms with Gasteiger partial charge < -0.3 is 9.80 Å². The second-order valence-corrected chi connectivity index (χ2v) is 4.12. The zero-order valence-electron chi connectivity index (χ0n) is 9.12. The summed E-state index contributed by atoms with van der Waals surface area (Å²) in [7, 11) is 4.03. The molecule has 1 rings (SSSR count). The molecule has 4 nitrogen and oxygen atoms in total. The van der Waals surface area contributed by atoms with Crippen LogP contribution in [0.25, 0.3) is 0 Å². The fourth-order valence-electron chi connectivity index (χ4n) is 1.71. The molecule has 1 aliphatic heterocycles. The minimum atomic E-state index is -0.0525. The number of hydrogen-bond acceptors (Lipinski definition) is 3. The van der Waals surface area contributed by atoms with Crippen molar-refractivity contribution in [3.05, 3.63) is 0 Å². The molecule has 0 aromatic carbocycles. The molecule has 0 aliphatic carbocycles. The molecule has 1 atom stereocenters. The van der Waals surface area contributed by atoms with Crippen molar-refractivity contribution in [1.29, 1.82) is 0 Å². The summed E-state index contributed by atoms with van der Waals surface area (Å²) in [6, 6.07) is 0.450. The van der Waals surface area contributed by atoms with E-state index in [0.29, 0.717) is 6.04 Å². The Bertz CT molecular complexity index is 238. The SMILES string of the molecule is CC(=O)CC(=O)N1CCC(N(C)C)C1. The monoisotopic (exact) mass is 198 g/mol. The van der Waals surface area contributed by atoms with Crippen LogP contribution in [0.5, 0.6) is 0 Å². The summed E-state index contributed by atoms with van der Waals surface area (Å²) in [4.78, 5) is 26.2. The van der Waals surface area contributed by atoms with Gasteiger partial charge in [-0.1, -0.05) is 0 Å². The van der Waals surface area contributed by atoms with Gasteiger partial charge in [-0.15, -0.1) is 0 Å². The number of carbonyl (C=O) groups excluding carboxylic acids is 2. The second-order valence-electron chi connectivity index (χ2n) is 4.12. The topological polar surface area (TPSA) is 40.6 Å². The smallest absolute Gasteiger partial charge is 0.230 e. The lowest BCUT2D eigenvalue weighted by Gasteiger charge is -2.20. The highest BCUT2D eigenvalue weighted by Crippen LogP contribution is 2.13. The first kappa shape index (κ1) is 11.2. The Morgan fingerprint density at radius 1 is 1.43 bits per heavy atom. The van der Waals surface area contributed by atoms with Crippen LogP contribution in [0, 0.1) is 0 Å². The van der Waals surface area contributed by atoms with E-state index in [0.717, 1.165) is 19.5 Å². The number of nitrogens with zero attached hydrogens (tertiary/aromatic N) is 2. The number of rotatable bonds is 3. The predicted molar refractivity (Wildman–Crippen MR) is 54.0 cm³/mol. The molecule has 0 radical (unpaired) electrons. The van der Waals surface area contributed by atoms with Gasteiger partial charge in [0.15, 0.2) is 0 Å². The fraction of sp³-hybridized carbons (Fsp3) is 0.800. The van der Waals surface area contributed by atoms with Crippen LogP contribution in [0.3, 0.4) is 0 Å². The molecule has 14 heavy (non-hydrogen) atoms. The molecule has 1 heterocycles. The van der Waals surface area contributed by atoms with Crippen molar-refractivity contribution in [3.63, 3.8) is 0 Å². The van der Waals surface area contributed by atoms with E-state index < -0.39 is 0 Å². The molecule has 1 amide bonds. The highest BCUT2D eigenvalue weighted by atomic mass is 16.2. The molecule has 0 saturated carbocycles. The summed E-state index contributed by atoms with van der Waals surface area (Å²) in [5.74, 6) is -0.0786. The van der Waals surface area contributed by atoms with Gasteiger partial charge in [0.25, 0.3) is 0 Å². The minimum Gasteiger partial charge on any atom is -0.341 e. The Labute approximate surface area is 84.9 Å². The molecule has 1 fully saturated rings. The third-order valence-corrected chi connectivity index (χ3v) is 2.65. The number of likely N-dealkylation sites (tertiary alicyclic amines) is 1. The van der Waals surface area contributed by atoms with Crippen LogP contribution in [0.2, 0.25) is 0 Å². The molecule has 0 spiro atoms. The molecule has 0 aromatic heterocycles. The molecule has 1 aliphatic rings. The maximum atomic E-state index is 11.5. The first-order valence-electron chi connectivity index (χ1n) is 4.94. The molecule has 1 unspecified atom stereocenters. The van der Waals surface area contributed by atoms with Gasteiger partial charge in [0, 0.05) is 19.1 Å². The van der Waals surface area contributed by atoms with Crippen molar-refractivity contribution in [1.82, 2.24) is 9.80 Å². The van der Waals surface area contributed by atoms with E-state index in [4.69, 9.17) is 0 Å². The number of ketones is 1. The predicted octanol–water partition coefficient (Wildman–Crippen LogP) is 0.128. The highest BCUT2D eigenvalue weighted by molar-refractivity contribution is 5.96. The molecule has 4 heteroatoms. The van der Waals surface area contributed by atoms with Crippen LogP contribution >= 0.6 is 0 Å². The van der Waals surface area contributed by atoms with Gasteiger partial charge in [-0.3, -0.25) is 9.59 Å². The average Bonchev–Trinajstić information content (AvgIpc) is 2.50. The fourth-order valence-corrected chi connectivity index (χ4v) is 1.71. The van der Waals surface area contributed by atoms with Crippen molar-refractivity contribution in [2.75, 3.05) is 27.2 Å². The number of hydrogen-bond donors (Lipinski definition) is 0. The van der Waals surface area contributed by atoms with E-state index in [1.54, 1.807) is 4.90 Å². The lowest BCUT2D eigenvalue weighted by Crippen LogP contribution is -2.35. The van der Waals surface area contributed by atoms with E-state index in [1.165, 1.54) is 6.92 Å². The zero-order valence-corrected chi connectivity index (χ0v) is 9.12. The van der Waals surface area contributed by atoms with Crippen molar-refractivity contribution < 1.29 is 9.59 Å². The third-order valence-electron chi connectivity index (χ3n) is 2.65. The highest BCUT2D eigenvalue weighted by Gasteiger charge is 2.27. The Hall–Kier alpha value is -0.900. The van der Waals surface area contributed by atoms with Gasteiger partial charge in [-0.05, 0) is 27.4 Å². The number of Topliss-reactive ketones (excluding diaryl/α,β-unsaturated/α-hetero) is 1. The summed E-state index contributed by atoms with van der Waals surface area (Å²) in [5, 5.41) is 0. The van der Waals surface area contributed by atoms with E-state index in [1.807, 2.05) is 14.1 Å². The first-order chi connectivity index (χ1) is 6.50. The Kier molecular flexibility index (Phi) is 3.63. The summed E-state index contributed by atoms with van der Waals surface area (Å²) >= 11 is 0. The number of amides is 1. The van der Waals surface area contributed by atoms with E-state index in [2.05, 4.69) is 4.90 Å². The van der Waals surface area contributed by atoms with Crippen LogP contribution in [-0.2, 0) is 9.59 Å². The van der Waals surface area contributed by atoms with Gasteiger partial charge in [-0.25, -0.2) is 0 Å². The van der Waals surface area contributed by atoms with Gasteiger partial charge in [0.1, 0.15) is 5.78 Å². The lowest BCUT2D eigenvalue weighted by atomic mass is 10.2. The molecular formula is C10H18N2O2. The maximum absolute atomic E-state index is 11.5. The lowest BCUT2D eigenvalue weighted by molar-refractivity contribution is -0.134. The standard InChI is InChI=1S/C10H18N2O2/c1-8(13)6-10(14)12-5-4-9(7-12)11(2)3/h9H,4-7H2,1-3H3. The van der Waals surface area contributed by atoms with Crippen LogP contribution in [0.15, 0.2) is 0 Å².